The Hall–Kier alpha value is -3.58. The molecule has 31 heavy (non-hydrogen) atoms. The van der Waals surface area contributed by atoms with E-state index in [0.29, 0.717) is 23.9 Å². The number of unbranched alkanes of at least 4 members (excludes halogenated alkanes) is 1. The summed E-state index contributed by atoms with van der Waals surface area (Å²) >= 11 is 5.85. The van der Waals surface area contributed by atoms with Gasteiger partial charge in [-0.15, -0.1) is 0 Å². The summed E-state index contributed by atoms with van der Waals surface area (Å²) in [5.74, 6) is 1.59. The van der Waals surface area contributed by atoms with Gasteiger partial charge in [0.25, 0.3) is 5.69 Å². The fourth-order valence-electron chi connectivity index (χ4n) is 3.06. The lowest BCUT2D eigenvalue weighted by molar-refractivity contribution is -0.385. The molecule has 0 aliphatic heterocycles. The molecule has 0 unspecified atom stereocenters. The zero-order chi connectivity index (χ0) is 21.6. The summed E-state index contributed by atoms with van der Waals surface area (Å²) in [6, 6.07) is 18.0. The average molecular weight is 438 g/mol. The molecule has 0 spiro atoms. The lowest BCUT2D eigenvalue weighted by atomic mass is 10.1. The van der Waals surface area contributed by atoms with Crippen molar-refractivity contribution >= 4 is 22.9 Å². The highest BCUT2D eigenvalue weighted by molar-refractivity contribution is 6.30. The minimum atomic E-state index is -0.422. The van der Waals surface area contributed by atoms with Crippen LogP contribution >= 0.6 is 11.6 Å². The van der Waals surface area contributed by atoms with E-state index in [4.69, 9.17) is 21.1 Å². The van der Waals surface area contributed by atoms with Crippen LogP contribution < -0.4 is 9.47 Å². The highest BCUT2D eigenvalue weighted by atomic mass is 35.5. The van der Waals surface area contributed by atoms with Crippen LogP contribution in [-0.2, 0) is 0 Å². The summed E-state index contributed by atoms with van der Waals surface area (Å²) in [7, 11) is 0. The number of halogens is 1. The predicted octanol–water partition coefficient (Wildman–Crippen LogP) is 5.80. The first kappa shape index (κ1) is 20.7. The van der Waals surface area contributed by atoms with E-state index in [2.05, 4.69) is 4.98 Å². The monoisotopic (exact) mass is 437 g/mol. The van der Waals surface area contributed by atoms with Gasteiger partial charge in [0.2, 0.25) is 0 Å². The Balaban J connectivity index is 1.26. The van der Waals surface area contributed by atoms with Crippen LogP contribution in [0.15, 0.2) is 73.1 Å². The predicted molar refractivity (Wildman–Crippen MR) is 119 cm³/mol. The average Bonchev–Trinajstić information content (AvgIpc) is 3.21. The van der Waals surface area contributed by atoms with Crippen molar-refractivity contribution in [2.75, 3.05) is 13.2 Å². The molecule has 4 rings (SSSR count). The van der Waals surface area contributed by atoms with Gasteiger partial charge in [-0.2, -0.15) is 0 Å². The van der Waals surface area contributed by atoms with Gasteiger partial charge in [-0.3, -0.25) is 14.5 Å². The third kappa shape index (κ3) is 5.32. The second-order valence-electron chi connectivity index (χ2n) is 6.92. The van der Waals surface area contributed by atoms with Crippen molar-refractivity contribution in [2.45, 2.75) is 12.8 Å². The molecular formula is C23H20ClN3O4. The molecule has 0 aliphatic carbocycles. The number of hydrogen-bond acceptors (Lipinski definition) is 5. The molecule has 4 aromatic rings. The molecule has 0 N–H and O–H groups in total. The zero-order valence-electron chi connectivity index (χ0n) is 16.6. The van der Waals surface area contributed by atoms with Gasteiger partial charge in [0.05, 0.1) is 30.0 Å². The van der Waals surface area contributed by atoms with Gasteiger partial charge in [0.15, 0.2) is 0 Å². The van der Waals surface area contributed by atoms with Crippen molar-refractivity contribution in [3.8, 4) is 22.8 Å². The highest BCUT2D eigenvalue weighted by Gasteiger charge is 2.09. The lowest BCUT2D eigenvalue weighted by Gasteiger charge is -2.08. The largest absolute Gasteiger partial charge is 0.494 e. The number of nitro groups is 1. The molecule has 7 nitrogen and oxygen atoms in total. The second kappa shape index (κ2) is 9.49. The molecule has 0 saturated heterocycles. The Labute approximate surface area is 184 Å². The quantitative estimate of drug-likeness (QED) is 0.188. The van der Waals surface area contributed by atoms with Crippen molar-refractivity contribution in [3.05, 3.63) is 88.2 Å². The number of imidazole rings is 1. The molecule has 2 aromatic heterocycles. The van der Waals surface area contributed by atoms with Crippen LogP contribution in [0.3, 0.4) is 0 Å². The van der Waals surface area contributed by atoms with E-state index in [1.165, 1.54) is 12.3 Å². The number of rotatable bonds is 9. The fraction of sp³-hybridized carbons (Fsp3) is 0.174. The maximum atomic E-state index is 10.9. The number of benzene rings is 2. The first-order chi connectivity index (χ1) is 15.1. The molecule has 0 amide bonds. The van der Waals surface area contributed by atoms with Crippen molar-refractivity contribution in [2.24, 2.45) is 0 Å². The zero-order valence-corrected chi connectivity index (χ0v) is 17.4. The summed E-state index contributed by atoms with van der Waals surface area (Å²) in [5, 5.41) is 11.6. The Morgan fingerprint density at radius 2 is 1.48 bits per heavy atom. The van der Waals surface area contributed by atoms with E-state index in [-0.39, 0.29) is 5.69 Å². The summed E-state index contributed by atoms with van der Waals surface area (Å²) in [6.07, 6.45) is 4.99. The van der Waals surface area contributed by atoms with Gasteiger partial charge in [-0.1, -0.05) is 11.6 Å². The first-order valence-electron chi connectivity index (χ1n) is 9.83. The van der Waals surface area contributed by atoms with Crippen LogP contribution in [0.25, 0.3) is 16.9 Å². The number of hydrogen-bond donors (Lipinski definition) is 0. The molecule has 2 aromatic carbocycles. The van der Waals surface area contributed by atoms with E-state index < -0.39 is 4.92 Å². The smallest absolute Gasteiger partial charge is 0.286 e. The summed E-state index contributed by atoms with van der Waals surface area (Å²) in [5.41, 5.74) is 2.34. The molecule has 0 atom stereocenters. The summed E-state index contributed by atoms with van der Waals surface area (Å²) in [4.78, 5) is 15.0. The van der Waals surface area contributed by atoms with Crippen LogP contribution in [0.5, 0.6) is 11.5 Å². The van der Waals surface area contributed by atoms with Crippen molar-refractivity contribution in [3.63, 3.8) is 0 Å². The number of fused-ring (bicyclic) bond motifs is 1. The van der Waals surface area contributed by atoms with E-state index in [0.717, 1.165) is 35.6 Å². The van der Waals surface area contributed by atoms with Gasteiger partial charge >= 0.3 is 0 Å². The molecule has 8 heteroatoms. The number of nitrogens with zero attached hydrogens (tertiary/aromatic N) is 3. The Kier molecular flexibility index (Phi) is 6.33. The van der Waals surface area contributed by atoms with Crippen molar-refractivity contribution < 1.29 is 14.4 Å². The Morgan fingerprint density at radius 3 is 2.10 bits per heavy atom. The maximum Gasteiger partial charge on any atom is 0.286 e. The van der Waals surface area contributed by atoms with Gasteiger partial charge in [0, 0.05) is 22.8 Å². The van der Waals surface area contributed by atoms with E-state index in [1.807, 2.05) is 36.4 Å². The third-order valence-electron chi connectivity index (χ3n) is 4.69. The lowest BCUT2D eigenvalue weighted by Crippen LogP contribution is -2.02. The van der Waals surface area contributed by atoms with Crippen LogP contribution in [0, 0.1) is 10.1 Å². The standard InChI is InChI=1S/C23H20ClN3O4/c24-18-5-10-21(11-6-18)31-14-2-1-13-30-20-8-3-17(4-9-20)22-16-26-15-19(27(28)29)7-12-23(26)25-22/h3-12,15-16H,1-2,13-14H2. The van der Waals surface area contributed by atoms with E-state index in [9.17, 15) is 10.1 Å². The topological polar surface area (TPSA) is 78.9 Å². The Morgan fingerprint density at radius 1 is 0.871 bits per heavy atom. The van der Waals surface area contributed by atoms with Gasteiger partial charge in [-0.25, -0.2) is 4.98 Å². The highest BCUT2D eigenvalue weighted by Crippen LogP contribution is 2.24. The molecule has 0 fully saturated rings. The van der Waals surface area contributed by atoms with Gasteiger partial charge < -0.3 is 9.47 Å². The molecule has 0 saturated carbocycles. The van der Waals surface area contributed by atoms with Gasteiger partial charge in [0.1, 0.15) is 17.1 Å². The van der Waals surface area contributed by atoms with E-state index in [1.54, 1.807) is 28.8 Å². The van der Waals surface area contributed by atoms with Crippen molar-refractivity contribution in [1.29, 1.82) is 0 Å². The van der Waals surface area contributed by atoms with Crippen LogP contribution in [0.1, 0.15) is 12.8 Å². The molecule has 2 heterocycles. The first-order valence-corrected chi connectivity index (χ1v) is 10.2. The molecule has 0 aliphatic rings. The molecule has 158 valence electrons. The van der Waals surface area contributed by atoms with Crippen LogP contribution in [0.4, 0.5) is 5.69 Å². The number of ether oxygens (including phenoxy) is 2. The minimum Gasteiger partial charge on any atom is -0.494 e. The minimum absolute atomic E-state index is 0.0266. The summed E-state index contributed by atoms with van der Waals surface area (Å²) in [6.45, 7) is 1.22. The number of aromatic nitrogens is 2. The normalized spacial score (nSPS) is 10.9. The molecule has 0 radical (unpaired) electrons. The fourth-order valence-corrected chi connectivity index (χ4v) is 3.19. The van der Waals surface area contributed by atoms with Crippen LogP contribution in [0.2, 0.25) is 5.02 Å². The molecular weight excluding hydrogens is 418 g/mol. The summed E-state index contributed by atoms with van der Waals surface area (Å²) < 4.78 is 13.1. The SMILES string of the molecule is O=[N+]([O-])c1ccc2nc(-c3ccc(OCCCCOc4ccc(Cl)cc4)cc3)cn2c1. The third-order valence-corrected chi connectivity index (χ3v) is 4.94. The van der Waals surface area contributed by atoms with Crippen molar-refractivity contribution in [1.82, 2.24) is 9.38 Å². The second-order valence-corrected chi connectivity index (χ2v) is 7.35. The Bertz CT molecular complexity index is 1170. The molecule has 0 bridgehead atoms. The maximum absolute atomic E-state index is 10.9. The van der Waals surface area contributed by atoms with Crippen LogP contribution in [-0.4, -0.2) is 27.5 Å². The number of pyridine rings is 1. The van der Waals surface area contributed by atoms with Gasteiger partial charge in [-0.05, 0) is 67.4 Å². The van der Waals surface area contributed by atoms with E-state index >= 15 is 0 Å².